The molecule has 2 heterocycles. The van der Waals surface area contributed by atoms with Crippen molar-refractivity contribution in [3.8, 4) is 0 Å². The lowest BCUT2D eigenvalue weighted by Gasteiger charge is -2.22. The molecule has 2 saturated heterocycles. The lowest BCUT2D eigenvalue weighted by atomic mass is 9.87. The molecule has 2 aliphatic rings. The standard InChI is InChI=1S/C17H24ClN3O.ClH/c1-12-7-13(2)16(14(18)8-12)20-15(22)9-21-6-4-17(11-21)3-5-19-10-17;/h7-8,19H,3-6,9-11H2,1-2H3,(H,20,22);1H. The highest BCUT2D eigenvalue weighted by atomic mass is 35.5. The van der Waals surface area contributed by atoms with Crippen LogP contribution in [0.15, 0.2) is 12.1 Å². The average molecular weight is 358 g/mol. The average Bonchev–Trinajstić information content (AvgIpc) is 3.05. The topological polar surface area (TPSA) is 44.4 Å². The van der Waals surface area contributed by atoms with E-state index >= 15 is 0 Å². The second-order valence-electron chi connectivity index (χ2n) is 6.87. The van der Waals surface area contributed by atoms with E-state index < -0.39 is 0 Å². The molecule has 0 bridgehead atoms. The molecular formula is C17H25Cl2N3O. The largest absolute Gasteiger partial charge is 0.323 e. The third-order valence-electron chi connectivity index (χ3n) is 4.91. The summed E-state index contributed by atoms with van der Waals surface area (Å²) in [6.45, 7) is 8.66. The molecule has 2 N–H and O–H groups in total. The molecule has 0 aliphatic carbocycles. The Hall–Kier alpha value is -0.810. The van der Waals surface area contributed by atoms with Crippen LogP contribution in [0.25, 0.3) is 0 Å². The van der Waals surface area contributed by atoms with Gasteiger partial charge in [0.2, 0.25) is 5.91 Å². The number of anilines is 1. The van der Waals surface area contributed by atoms with E-state index in [2.05, 4.69) is 15.5 Å². The van der Waals surface area contributed by atoms with E-state index in [0.717, 1.165) is 43.0 Å². The highest BCUT2D eigenvalue weighted by Gasteiger charge is 2.40. The van der Waals surface area contributed by atoms with Crippen LogP contribution in [-0.2, 0) is 4.79 Å². The summed E-state index contributed by atoms with van der Waals surface area (Å²) in [5.41, 5.74) is 3.26. The van der Waals surface area contributed by atoms with Crippen LogP contribution >= 0.6 is 24.0 Å². The predicted molar refractivity (Wildman–Crippen MR) is 97.8 cm³/mol. The first-order valence-corrected chi connectivity index (χ1v) is 8.35. The van der Waals surface area contributed by atoms with Crippen molar-refractivity contribution in [1.29, 1.82) is 0 Å². The third-order valence-corrected chi connectivity index (χ3v) is 5.21. The fourth-order valence-corrected chi connectivity index (χ4v) is 4.13. The number of amides is 1. The van der Waals surface area contributed by atoms with Crippen LogP contribution < -0.4 is 10.6 Å². The highest BCUT2D eigenvalue weighted by molar-refractivity contribution is 6.34. The van der Waals surface area contributed by atoms with Crippen molar-refractivity contribution in [2.24, 2.45) is 5.41 Å². The Morgan fingerprint density at radius 2 is 2.17 bits per heavy atom. The molecular weight excluding hydrogens is 333 g/mol. The number of hydrogen-bond acceptors (Lipinski definition) is 3. The number of nitrogens with zero attached hydrogens (tertiary/aromatic N) is 1. The van der Waals surface area contributed by atoms with E-state index in [0.29, 0.717) is 17.0 Å². The van der Waals surface area contributed by atoms with Gasteiger partial charge in [-0.15, -0.1) is 12.4 Å². The summed E-state index contributed by atoms with van der Waals surface area (Å²) in [7, 11) is 0. The minimum atomic E-state index is 0. The van der Waals surface area contributed by atoms with Crippen LogP contribution in [0.5, 0.6) is 0 Å². The molecule has 1 atom stereocenters. The second kappa shape index (κ2) is 7.39. The summed E-state index contributed by atoms with van der Waals surface area (Å²) in [6, 6.07) is 3.93. The summed E-state index contributed by atoms with van der Waals surface area (Å²) in [5.74, 6) is 0.0249. The highest BCUT2D eigenvalue weighted by Crippen LogP contribution is 2.36. The quantitative estimate of drug-likeness (QED) is 0.873. The van der Waals surface area contributed by atoms with Gasteiger partial charge in [-0.2, -0.15) is 0 Å². The molecule has 0 saturated carbocycles. The van der Waals surface area contributed by atoms with E-state index in [4.69, 9.17) is 11.6 Å². The van der Waals surface area contributed by atoms with Gasteiger partial charge in [0.25, 0.3) is 0 Å². The Morgan fingerprint density at radius 3 is 2.83 bits per heavy atom. The molecule has 2 aliphatic heterocycles. The molecule has 1 aromatic rings. The van der Waals surface area contributed by atoms with Gasteiger partial charge in [0.15, 0.2) is 0 Å². The maximum Gasteiger partial charge on any atom is 0.238 e. The fraction of sp³-hybridized carbons (Fsp3) is 0.588. The molecule has 1 unspecified atom stereocenters. The molecule has 1 amide bonds. The van der Waals surface area contributed by atoms with Gasteiger partial charge in [0, 0.05) is 13.1 Å². The van der Waals surface area contributed by atoms with Crippen LogP contribution in [0, 0.1) is 19.3 Å². The summed E-state index contributed by atoms with van der Waals surface area (Å²) in [5, 5.41) is 7.04. The lowest BCUT2D eigenvalue weighted by molar-refractivity contribution is -0.117. The van der Waals surface area contributed by atoms with Gasteiger partial charge in [-0.1, -0.05) is 17.7 Å². The number of likely N-dealkylation sites (tertiary alicyclic amines) is 1. The number of carbonyl (C=O) groups is 1. The molecule has 3 rings (SSSR count). The molecule has 4 nitrogen and oxygen atoms in total. The Kier molecular flexibility index (Phi) is 5.95. The van der Waals surface area contributed by atoms with E-state index in [1.165, 1.54) is 12.8 Å². The van der Waals surface area contributed by atoms with Crippen molar-refractivity contribution in [2.45, 2.75) is 26.7 Å². The second-order valence-corrected chi connectivity index (χ2v) is 7.28. The Bertz CT molecular complexity index is 562. The number of halogens is 2. The monoisotopic (exact) mass is 357 g/mol. The van der Waals surface area contributed by atoms with Crippen LogP contribution in [0.1, 0.15) is 24.0 Å². The fourth-order valence-electron chi connectivity index (χ4n) is 3.76. The summed E-state index contributed by atoms with van der Waals surface area (Å²) >= 11 is 6.26. The third kappa shape index (κ3) is 4.18. The zero-order valence-corrected chi connectivity index (χ0v) is 15.3. The van der Waals surface area contributed by atoms with E-state index in [1.807, 2.05) is 26.0 Å². The maximum atomic E-state index is 12.3. The van der Waals surface area contributed by atoms with E-state index in [9.17, 15) is 4.79 Å². The van der Waals surface area contributed by atoms with Crippen LogP contribution in [-0.4, -0.2) is 43.5 Å². The van der Waals surface area contributed by atoms with Crippen molar-refractivity contribution in [3.63, 3.8) is 0 Å². The summed E-state index contributed by atoms with van der Waals surface area (Å²) in [4.78, 5) is 14.6. The van der Waals surface area contributed by atoms with Gasteiger partial charge in [0.1, 0.15) is 0 Å². The zero-order chi connectivity index (χ0) is 15.7. The first kappa shape index (κ1) is 18.5. The van der Waals surface area contributed by atoms with Crippen LogP contribution in [0.4, 0.5) is 5.69 Å². The Balaban J connectivity index is 0.00000192. The van der Waals surface area contributed by atoms with Gasteiger partial charge >= 0.3 is 0 Å². The van der Waals surface area contributed by atoms with Crippen molar-refractivity contribution in [3.05, 3.63) is 28.3 Å². The van der Waals surface area contributed by atoms with Crippen molar-refractivity contribution < 1.29 is 4.79 Å². The van der Waals surface area contributed by atoms with Gasteiger partial charge < -0.3 is 10.6 Å². The van der Waals surface area contributed by atoms with Crippen LogP contribution in [0.3, 0.4) is 0 Å². The molecule has 1 spiro atoms. The molecule has 23 heavy (non-hydrogen) atoms. The normalized spacial score (nSPS) is 24.0. The van der Waals surface area contributed by atoms with Crippen molar-refractivity contribution >= 4 is 35.6 Å². The van der Waals surface area contributed by atoms with Crippen LogP contribution in [0.2, 0.25) is 5.02 Å². The minimum absolute atomic E-state index is 0. The van der Waals surface area contributed by atoms with Crippen molar-refractivity contribution in [1.82, 2.24) is 10.2 Å². The van der Waals surface area contributed by atoms with Crippen molar-refractivity contribution in [2.75, 3.05) is 38.0 Å². The number of benzene rings is 1. The lowest BCUT2D eigenvalue weighted by Crippen LogP contribution is -2.34. The molecule has 6 heteroatoms. The van der Waals surface area contributed by atoms with Gasteiger partial charge in [-0.3, -0.25) is 9.69 Å². The molecule has 2 fully saturated rings. The predicted octanol–water partition coefficient (Wildman–Crippen LogP) is 3.00. The molecule has 0 radical (unpaired) electrons. The zero-order valence-electron chi connectivity index (χ0n) is 13.7. The Morgan fingerprint density at radius 1 is 1.39 bits per heavy atom. The van der Waals surface area contributed by atoms with Gasteiger partial charge in [0.05, 0.1) is 17.3 Å². The summed E-state index contributed by atoms with van der Waals surface area (Å²) < 4.78 is 0. The number of nitrogens with one attached hydrogen (secondary N) is 2. The van der Waals surface area contributed by atoms with Gasteiger partial charge in [-0.25, -0.2) is 0 Å². The molecule has 0 aromatic heterocycles. The summed E-state index contributed by atoms with van der Waals surface area (Å²) in [6.07, 6.45) is 2.42. The number of hydrogen-bond donors (Lipinski definition) is 2. The van der Waals surface area contributed by atoms with E-state index in [-0.39, 0.29) is 18.3 Å². The molecule has 1 aromatic carbocycles. The van der Waals surface area contributed by atoms with Gasteiger partial charge in [-0.05, 0) is 62.4 Å². The number of aryl methyl sites for hydroxylation is 2. The number of rotatable bonds is 3. The van der Waals surface area contributed by atoms with E-state index in [1.54, 1.807) is 0 Å². The Labute approximate surface area is 149 Å². The minimum Gasteiger partial charge on any atom is -0.323 e. The SMILES string of the molecule is Cc1cc(C)c(NC(=O)CN2CCC3(CCNC3)C2)c(Cl)c1.Cl. The smallest absolute Gasteiger partial charge is 0.238 e. The number of carbonyl (C=O) groups excluding carboxylic acids is 1. The maximum absolute atomic E-state index is 12.3. The first-order valence-electron chi connectivity index (χ1n) is 7.97. The first-order chi connectivity index (χ1) is 10.5. The molecule has 128 valence electrons.